The lowest BCUT2D eigenvalue weighted by atomic mass is 10.1. The van der Waals surface area contributed by atoms with E-state index >= 15 is 0 Å². The summed E-state index contributed by atoms with van der Waals surface area (Å²) in [5.41, 5.74) is 2.04. The van der Waals surface area contributed by atoms with E-state index in [0.717, 1.165) is 5.56 Å². The lowest BCUT2D eigenvalue weighted by Crippen LogP contribution is -2.13. The van der Waals surface area contributed by atoms with Crippen LogP contribution in [0.4, 0.5) is 5.69 Å². The minimum atomic E-state index is -0.521. The van der Waals surface area contributed by atoms with Gasteiger partial charge in [-0.2, -0.15) is 10.5 Å². The number of hydrogen-bond acceptors (Lipinski definition) is 4. The summed E-state index contributed by atoms with van der Waals surface area (Å²) in [6.45, 7) is 1.82. The lowest BCUT2D eigenvalue weighted by Gasteiger charge is -2.06. The van der Waals surface area contributed by atoms with Gasteiger partial charge in [0.15, 0.2) is 6.61 Å². The first-order chi connectivity index (χ1) is 12.0. The Labute approximate surface area is 150 Å². The molecule has 0 aliphatic heterocycles. The van der Waals surface area contributed by atoms with Crippen molar-refractivity contribution in [3.8, 4) is 17.9 Å². The Morgan fingerprint density at radius 1 is 1.24 bits per heavy atom. The van der Waals surface area contributed by atoms with E-state index in [1.807, 2.05) is 19.1 Å². The molecular weight excluding hydrogens is 338 g/mol. The van der Waals surface area contributed by atoms with Crippen LogP contribution in [-0.4, -0.2) is 12.5 Å². The molecule has 0 saturated heterocycles. The number of carbonyl (C=O) groups is 1. The van der Waals surface area contributed by atoms with Crippen LogP contribution in [-0.2, 0) is 4.79 Å². The average Bonchev–Trinajstić information content (AvgIpc) is 2.62. The molecule has 0 fully saturated rings. The Bertz CT molecular complexity index is 890. The Balaban J connectivity index is 2.13. The molecule has 0 aliphatic rings. The van der Waals surface area contributed by atoms with Crippen LogP contribution >= 0.6 is 11.6 Å². The maximum Gasteiger partial charge on any atom is 0.266 e. The smallest absolute Gasteiger partial charge is 0.266 e. The first-order valence-electron chi connectivity index (χ1n) is 7.32. The second-order valence-electron chi connectivity index (χ2n) is 5.10. The predicted molar refractivity (Wildman–Crippen MR) is 96.0 cm³/mol. The van der Waals surface area contributed by atoms with E-state index < -0.39 is 5.91 Å². The number of amides is 1. The van der Waals surface area contributed by atoms with Gasteiger partial charge >= 0.3 is 0 Å². The largest absolute Gasteiger partial charge is 0.479 e. The monoisotopic (exact) mass is 351 g/mol. The fraction of sp³-hybridized carbons (Fsp3) is 0.105. The van der Waals surface area contributed by atoms with Gasteiger partial charge in [0.25, 0.3) is 5.91 Å². The summed E-state index contributed by atoms with van der Waals surface area (Å²) in [4.78, 5) is 12.2. The SMILES string of the molecule is Cc1ccc(NC(=O)/C(C#N)=C/c2ccc(OCC#N)cc2)cc1Cl. The molecule has 25 heavy (non-hydrogen) atoms. The molecular formula is C19H14ClN3O2. The van der Waals surface area contributed by atoms with Gasteiger partial charge in [-0.05, 0) is 48.4 Å². The molecule has 1 amide bonds. The van der Waals surface area contributed by atoms with Crippen LogP contribution in [0, 0.1) is 29.6 Å². The summed E-state index contributed by atoms with van der Waals surface area (Å²) in [7, 11) is 0. The molecule has 0 radical (unpaired) electrons. The standard InChI is InChI=1S/C19H14ClN3O2/c1-13-2-5-16(11-18(13)20)23-19(24)15(12-22)10-14-3-6-17(7-4-14)25-9-8-21/h2-7,10-11H,9H2,1H3,(H,23,24)/b15-10+. The molecule has 0 aromatic heterocycles. The minimum absolute atomic E-state index is 0.0395. The molecule has 0 atom stereocenters. The van der Waals surface area contributed by atoms with Gasteiger partial charge in [-0.3, -0.25) is 4.79 Å². The first kappa shape index (κ1) is 18.1. The quantitative estimate of drug-likeness (QED) is 0.649. The van der Waals surface area contributed by atoms with Crippen molar-refractivity contribution >= 4 is 29.3 Å². The molecule has 0 aliphatic carbocycles. The molecule has 5 nitrogen and oxygen atoms in total. The Kier molecular flexibility index (Phi) is 6.17. The number of nitrogens with one attached hydrogen (secondary N) is 1. The third-order valence-corrected chi connectivity index (χ3v) is 3.70. The zero-order chi connectivity index (χ0) is 18.2. The van der Waals surface area contributed by atoms with Crippen LogP contribution < -0.4 is 10.1 Å². The van der Waals surface area contributed by atoms with Crippen molar-refractivity contribution in [1.82, 2.24) is 0 Å². The normalized spacial score (nSPS) is 10.5. The maximum atomic E-state index is 12.2. The predicted octanol–water partition coefficient (Wildman–Crippen LogP) is 4.10. The van der Waals surface area contributed by atoms with E-state index in [2.05, 4.69) is 5.32 Å². The first-order valence-corrected chi connectivity index (χ1v) is 7.70. The summed E-state index contributed by atoms with van der Waals surface area (Å²) in [5.74, 6) is 0.0168. The highest BCUT2D eigenvalue weighted by molar-refractivity contribution is 6.31. The highest BCUT2D eigenvalue weighted by atomic mass is 35.5. The summed E-state index contributed by atoms with van der Waals surface area (Å²) >= 11 is 6.03. The number of nitrogens with zero attached hydrogens (tertiary/aromatic N) is 2. The number of ether oxygens (including phenoxy) is 1. The van der Waals surface area contributed by atoms with Gasteiger partial charge < -0.3 is 10.1 Å². The molecule has 2 aromatic rings. The number of benzene rings is 2. The second kappa shape index (κ2) is 8.54. The summed E-state index contributed by atoms with van der Waals surface area (Å²) in [5, 5.41) is 20.9. The van der Waals surface area contributed by atoms with Crippen molar-refractivity contribution in [1.29, 1.82) is 10.5 Å². The van der Waals surface area contributed by atoms with Gasteiger partial charge in [0.2, 0.25) is 0 Å². The molecule has 0 saturated carbocycles. The molecule has 6 heteroatoms. The summed E-state index contributed by atoms with van der Waals surface area (Å²) < 4.78 is 5.15. The van der Waals surface area contributed by atoms with Crippen molar-refractivity contribution in [3.63, 3.8) is 0 Å². The van der Waals surface area contributed by atoms with Crippen molar-refractivity contribution in [2.24, 2.45) is 0 Å². The Hall–Kier alpha value is -3.28. The molecule has 2 rings (SSSR count). The zero-order valence-electron chi connectivity index (χ0n) is 13.4. The van der Waals surface area contributed by atoms with Gasteiger partial charge in [0.05, 0.1) is 0 Å². The van der Waals surface area contributed by atoms with E-state index in [0.29, 0.717) is 22.0 Å². The molecule has 0 unspecified atom stereocenters. The number of halogens is 1. The second-order valence-corrected chi connectivity index (χ2v) is 5.51. The van der Waals surface area contributed by atoms with Crippen LogP contribution in [0.2, 0.25) is 5.02 Å². The van der Waals surface area contributed by atoms with Gasteiger partial charge in [-0.1, -0.05) is 29.8 Å². The van der Waals surface area contributed by atoms with Gasteiger partial charge in [0, 0.05) is 10.7 Å². The highest BCUT2D eigenvalue weighted by Crippen LogP contribution is 2.21. The average molecular weight is 352 g/mol. The molecule has 124 valence electrons. The van der Waals surface area contributed by atoms with Gasteiger partial charge in [-0.25, -0.2) is 0 Å². The van der Waals surface area contributed by atoms with Crippen LogP contribution in [0.3, 0.4) is 0 Å². The van der Waals surface area contributed by atoms with Crippen molar-refractivity contribution < 1.29 is 9.53 Å². The maximum absolute atomic E-state index is 12.2. The summed E-state index contributed by atoms with van der Waals surface area (Å²) in [6, 6.07) is 15.6. The number of nitriles is 2. The van der Waals surface area contributed by atoms with E-state index in [9.17, 15) is 10.1 Å². The van der Waals surface area contributed by atoms with Crippen molar-refractivity contribution in [2.45, 2.75) is 6.92 Å². The topological polar surface area (TPSA) is 85.9 Å². The third-order valence-electron chi connectivity index (χ3n) is 3.29. The molecule has 2 aromatic carbocycles. The Morgan fingerprint density at radius 3 is 2.56 bits per heavy atom. The molecule has 0 bridgehead atoms. The van der Waals surface area contributed by atoms with Gasteiger partial charge in [0.1, 0.15) is 23.5 Å². The van der Waals surface area contributed by atoms with Crippen LogP contribution in [0.5, 0.6) is 5.75 Å². The van der Waals surface area contributed by atoms with Crippen molar-refractivity contribution in [3.05, 3.63) is 64.2 Å². The molecule has 1 N–H and O–H groups in total. The van der Waals surface area contributed by atoms with E-state index in [1.54, 1.807) is 42.5 Å². The van der Waals surface area contributed by atoms with Crippen LogP contribution in [0.1, 0.15) is 11.1 Å². The number of aryl methyl sites for hydroxylation is 1. The van der Waals surface area contributed by atoms with Gasteiger partial charge in [-0.15, -0.1) is 0 Å². The molecule has 0 spiro atoms. The Morgan fingerprint density at radius 2 is 1.96 bits per heavy atom. The van der Waals surface area contributed by atoms with Crippen molar-refractivity contribution in [2.75, 3.05) is 11.9 Å². The minimum Gasteiger partial charge on any atom is -0.479 e. The number of hydrogen-bond donors (Lipinski definition) is 1. The van der Waals surface area contributed by atoms with E-state index in [1.165, 1.54) is 6.08 Å². The van der Waals surface area contributed by atoms with E-state index in [4.69, 9.17) is 21.6 Å². The number of rotatable bonds is 5. The zero-order valence-corrected chi connectivity index (χ0v) is 14.2. The fourth-order valence-electron chi connectivity index (χ4n) is 1.96. The molecule has 0 heterocycles. The van der Waals surface area contributed by atoms with E-state index in [-0.39, 0.29) is 12.2 Å². The number of carbonyl (C=O) groups excluding carboxylic acids is 1. The van der Waals surface area contributed by atoms with Crippen LogP contribution in [0.15, 0.2) is 48.0 Å². The number of anilines is 1. The summed E-state index contributed by atoms with van der Waals surface area (Å²) in [6.07, 6.45) is 1.47. The van der Waals surface area contributed by atoms with Crippen LogP contribution in [0.25, 0.3) is 6.08 Å². The fourth-order valence-corrected chi connectivity index (χ4v) is 2.14. The highest BCUT2D eigenvalue weighted by Gasteiger charge is 2.10. The lowest BCUT2D eigenvalue weighted by molar-refractivity contribution is -0.112. The third kappa shape index (κ3) is 5.10.